The molecule has 0 aromatic heterocycles. The van der Waals surface area contributed by atoms with Crippen LogP contribution in [0, 0.1) is 105 Å². The van der Waals surface area contributed by atoms with Crippen LogP contribution < -0.4 is 5.32 Å². The fraction of sp³-hybridized carbons (Fsp3) is 0.435. The van der Waals surface area contributed by atoms with Gasteiger partial charge in [-0.2, -0.15) is 0 Å². The average molecular weight is 1490 g/mol. The molecule has 2 bridgehead atoms. The van der Waals surface area contributed by atoms with E-state index in [9.17, 15) is 34.8 Å². The van der Waals surface area contributed by atoms with Gasteiger partial charge in [-0.15, -0.1) is 0 Å². The van der Waals surface area contributed by atoms with Gasteiger partial charge in [-0.1, -0.05) is 148 Å². The maximum absolute atomic E-state index is 15.2. The SMILES string of the molecule is CC/C=C\C/C=C\C/C=C\C/C=C\C/C=C\CCC(=O)OC(C(=O)OC1CC2(O)C(OC(=O)c3ccccc3)C3C4(O)COC4CC(O)C3(C)C(=O)C(O)C(=C1C)C2(C)C)C(NC(=O)c1ccccc1)c1ccccc1.[Ac].[Ac]. The molecule has 78 heavy (non-hydrogen) atoms. The van der Waals surface area contributed by atoms with Gasteiger partial charge in [-0.05, 0) is 93.3 Å². The molecule has 4 aliphatic rings. The van der Waals surface area contributed by atoms with Gasteiger partial charge in [0.2, 0.25) is 6.10 Å². The summed E-state index contributed by atoms with van der Waals surface area (Å²) in [4.78, 5) is 72.4. The summed E-state index contributed by atoms with van der Waals surface area (Å²) in [5, 5.41) is 53.3. The summed E-state index contributed by atoms with van der Waals surface area (Å²) in [5.74, 6) is -5.90. The fourth-order valence-electron chi connectivity index (χ4n) is 11.4. The first-order valence-electron chi connectivity index (χ1n) is 26.4. The van der Waals surface area contributed by atoms with Gasteiger partial charge in [0.25, 0.3) is 5.91 Å². The van der Waals surface area contributed by atoms with Gasteiger partial charge in [0.1, 0.15) is 35.6 Å². The predicted molar refractivity (Wildman–Crippen MR) is 286 cm³/mol. The minimum atomic E-state index is -2.37. The predicted octanol–water partition coefficient (Wildman–Crippen LogP) is 8.68. The summed E-state index contributed by atoms with van der Waals surface area (Å²) >= 11 is 0. The Hall–Kier alpha value is -3.67. The number of carbonyl (C=O) groups excluding carboxylic acids is 5. The van der Waals surface area contributed by atoms with Crippen LogP contribution in [-0.4, -0.2) is 104 Å². The second-order valence-electron chi connectivity index (χ2n) is 20.9. The molecule has 2 saturated carbocycles. The second-order valence-corrected chi connectivity index (χ2v) is 20.9. The van der Waals surface area contributed by atoms with Gasteiger partial charge in [0.05, 0.1) is 29.8 Å². The molecule has 1 aliphatic heterocycles. The molecule has 410 valence electrons. The van der Waals surface area contributed by atoms with E-state index < -0.39 is 107 Å². The summed E-state index contributed by atoms with van der Waals surface area (Å²) in [6.07, 6.45) is 14.5. The van der Waals surface area contributed by atoms with Crippen LogP contribution in [0.1, 0.15) is 125 Å². The smallest absolute Gasteiger partial charge is 0.350 e. The number of hydrogen-bond acceptors (Lipinski definition) is 13. The standard InChI is InChI=1S/C62H73NO13.2Ac/c1-6-7-8-9-10-11-12-13-14-15-16-17-18-19-20-30-37-48(65)75-52(50(42-31-24-21-25-32-42)63-56(68)43-33-26-22-27-34-43)58(70)74-45-39-62(72)55(76-57(69)44-35-28-23-29-36-44)53-60(5,46(64)38-47-61(53,71)40-73-47)54(67)51(66)49(41(45)2)59(62,3)4;;/h7-8,10-11,13-14,16-17,19-29,31-36,45-47,50-53,55,64,66,71-72H,6,9,12,15,18,30,37-40H2,1-5H3,(H,63,68);;/b8-7-,11-10-,14-13-,17-16-,20-19-;;. The molecule has 1 heterocycles. The van der Waals surface area contributed by atoms with Crippen molar-refractivity contribution in [2.24, 2.45) is 16.7 Å². The monoisotopic (exact) mass is 1490 g/mol. The molecule has 14 nitrogen and oxygen atoms in total. The van der Waals surface area contributed by atoms with E-state index in [0.717, 1.165) is 25.7 Å². The second kappa shape index (κ2) is 29.4. The number of Topliss-reactive ketones (excluding diaryl/α,β-unsaturated/α-hetero) is 1. The maximum atomic E-state index is 15.2. The van der Waals surface area contributed by atoms with Crippen molar-refractivity contribution >= 4 is 29.6 Å². The molecular formula is C62H73Ac2NO13. The fourth-order valence-corrected chi connectivity index (χ4v) is 11.4. The van der Waals surface area contributed by atoms with Gasteiger partial charge in [0.15, 0.2) is 5.78 Å². The summed E-state index contributed by atoms with van der Waals surface area (Å²) in [6, 6.07) is 23.3. The summed E-state index contributed by atoms with van der Waals surface area (Å²) < 4.78 is 24.5. The molecule has 1 saturated heterocycles. The van der Waals surface area contributed by atoms with Crippen LogP contribution in [0.4, 0.5) is 0 Å². The first kappa shape index (κ1) is 65.1. The van der Waals surface area contributed by atoms with Crippen LogP contribution in [-0.2, 0) is 33.3 Å². The van der Waals surface area contributed by atoms with Crippen molar-refractivity contribution in [1.29, 1.82) is 0 Å². The minimum Gasteiger partial charge on any atom is -0.455 e. The zero-order valence-electron chi connectivity index (χ0n) is 45.2. The Bertz CT molecular complexity index is 2720. The van der Waals surface area contributed by atoms with Gasteiger partial charge >= 0.3 is 17.9 Å². The molecular weight excluding hydrogens is 1420 g/mol. The molecule has 3 fully saturated rings. The van der Waals surface area contributed by atoms with Crippen LogP contribution in [0.5, 0.6) is 0 Å². The van der Waals surface area contributed by atoms with Crippen molar-refractivity contribution in [2.75, 3.05) is 6.61 Å². The maximum Gasteiger partial charge on any atom is 0.350 e. The van der Waals surface area contributed by atoms with E-state index in [4.69, 9.17) is 18.9 Å². The van der Waals surface area contributed by atoms with Crippen molar-refractivity contribution in [2.45, 2.75) is 146 Å². The molecule has 5 N–H and O–H groups in total. The van der Waals surface area contributed by atoms with Crippen molar-refractivity contribution in [3.05, 3.63) is 180 Å². The quantitative estimate of drug-likeness (QED) is 0.0384. The Morgan fingerprint density at radius 2 is 1.27 bits per heavy atom. The zero-order chi connectivity index (χ0) is 54.7. The van der Waals surface area contributed by atoms with Crippen LogP contribution in [0.3, 0.4) is 0 Å². The molecule has 3 aromatic carbocycles. The Kier molecular flexibility index (Phi) is 24.5. The number of fused-ring (bicyclic) bond motifs is 5. The molecule has 3 aliphatic carbocycles. The Balaban J connectivity index is 0.00000560. The van der Waals surface area contributed by atoms with Crippen LogP contribution in [0.15, 0.2) is 163 Å². The van der Waals surface area contributed by atoms with Crippen LogP contribution >= 0.6 is 0 Å². The molecule has 0 spiro atoms. The number of allylic oxidation sites excluding steroid dienone is 10. The van der Waals surface area contributed by atoms with Crippen LogP contribution in [0.2, 0.25) is 0 Å². The van der Waals surface area contributed by atoms with E-state index in [1.807, 2.05) is 18.2 Å². The van der Waals surface area contributed by atoms with Crippen molar-refractivity contribution < 1.29 is 151 Å². The molecule has 3 aromatic rings. The summed E-state index contributed by atoms with van der Waals surface area (Å²) in [6.45, 7) is 7.83. The number of aliphatic hydroxyl groups is 4. The van der Waals surface area contributed by atoms with E-state index >= 15 is 9.59 Å². The Labute approximate surface area is 530 Å². The van der Waals surface area contributed by atoms with E-state index in [0.29, 0.717) is 12.0 Å². The third-order valence-electron chi connectivity index (χ3n) is 15.8. The summed E-state index contributed by atoms with van der Waals surface area (Å²) in [5.41, 5.74) is -7.13. The molecule has 16 heteroatoms. The van der Waals surface area contributed by atoms with Gasteiger partial charge < -0.3 is 44.7 Å². The van der Waals surface area contributed by atoms with Crippen LogP contribution in [0.25, 0.3) is 0 Å². The van der Waals surface area contributed by atoms with E-state index in [-0.39, 0.29) is 136 Å². The number of nitrogens with one attached hydrogen (secondary N) is 1. The number of ketones is 1. The third-order valence-corrected chi connectivity index (χ3v) is 15.8. The number of rotatable bonds is 21. The summed E-state index contributed by atoms with van der Waals surface area (Å²) in [7, 11) is 0. The topological polar surface area (TPSA) is 215 Å². The number of esters is 3. The molecule has 2 radical (unpaired) electrons. The Morgan fingerprint density at radius 3 is 1.81 bits per heavy atom. The van der Waals surface area contributed by atoms with Gasteiger partial charge in [0, 0.05) is 124 Å². The number of aliphatic hydroxyl groups excluding tert-OH is 2. The van der Waals surface area contributed by atoms with Crippen molar-refractivity contribution in [3.8, 4) is 0 Å². The van der Waals surface area contributed by atoms with Crippen molar-refractivity contribution in [3.63, 3.8) is 0 Å². The number of ether oxygens (including phenoxy) is 4. The zero-order valence-corrected chi connectivity index (χ0v) is 54.7. The molecule has 7 rings (SSSR count). The number of carbonyl (C=O) groups is 5. The molecule has 11 atom stereocenters. The first-order valence-corrected chi connectivity index (χ1v) is 26.4. The van der Waals surface area contributed by atoms with E-state index in [2.05, 4.69) is 54.8 Å². The van der Waals surface area contributed by atoms with Crippen molar-refractivity contribution in [1.82, 2.24) is 5.32 Å². The minimum absolute atomic E-state index is 0. The number of amides is 1. The molecule has 1 amide bonds. The number of hydrogen-bond donors (Lipinski definition) is 5. The van der Waals surface area contributed by atoms with Gasteiger partial charge in [-0.25, -0.2) is 9.59 Å². The largest absolute Gasteiger partial charge is 0.455 e. The Morgan fingerprint density at radius 1 is 0.744 bits per heavy atom. The van der Waals surface area contributed by atoms with Gasteiger partial charge in [-0.3, -0.25) is 14.4 Å². The number of benzene rings is 3. The third kappa shape index (κ3) is 14.3. The average Bonchev–Trinajstić information content (AvgIpc) is 3.54. The van der Waals surface area contributed by atoms with E-state index in [1.165, 1.54) is 26.0 Å². The molecule has 11 unspecified atom stereocenters. The van der Waals surface area contributed by atoms with E-state index in [1.54, 1.807) is 92.7 Å². The first-order chi connectivity index (χ1) is 36.4. The normalized spacial score (nSPS) is 28.1.